The highest BCUT2D eigenvalue weighted by molar-refractivity contribution is 6.33. The quantitative estimate of drug-likeness (QED) is 0.886. The molecule has 2 rings (SSSR count). The normalized spacial score (nSPS) is 10.3. The number of aromatic nitrogens is 3. The lowest BCUT2D eigenvalue weighted by Gasteiger charge is -2.04. The van der Waals surface area contributed by atoms with E-state index in [2.05, 4.69) is 15.0 Å². The fourth-order valence-electron chi connectivity index (χ4n) is 1.26. The van der Waals surface area contributed by atoms with Gasteiger partial charge < -0.3 is 4.74 Å². The molecule has 0 radical (unpaired) electrons. The van der Waals surface area contributed by atoms with Gasteiger partial charge in [-0.2, -0.15) is 4.98 Å². The predicted molar refractivity (Wildman–Crippen MR) is 59.6 cm³/mol. The highest BCUT2D eigenvalue weighted by Crippen LogP contribution is 2.25. The van der Waals surface area contributed by atoms with Crippen molar-refractivity contribution in [2.75, 3.05) is 7.11 Å². The molecule has 0 aliphatic heterocycles. The van der Waals surface area contributed by atoms with E-state index in [0.29, 0.717) is 0 Å². The smallest absolute Gasteiger partial charge is 0.351 e. The van der Waals surface area contributed by atoms with Crippen molar-refractivity contribution >= 4 is 11.6 Å². The van der Waals surface area contributed by atoms with Crippen LogP contribution in [0.15, 0.2) is 23.0 Å². The van der Waals surface area contributed by atoms with Gasteiger partial charge >= 0.3 is 11.7 Å². The zero-order chi connectivity index (χ0) is 12.4. The number of hydrogen-bond donors (Lipinski definition) is 1. The molecule has 0 fully saturated rings. The molecule has 1 heterocycles. The molecule has 7 heteroatoms. The van der Waals surface area contributed by atoms with E-state index in [1.807, 2.05) is 0 Å². The van der Waals surface area contributed by atoms with Crippen LogP contribution in [0.25, 0.3) is 11.4 Å². The van der Waals surface area contributed by atoms with Gasteiger partial charge in [-0.3, -0.25) is 4.98 Å². The van der Waals surface area contributed by atoms with Crippen LogP contribution in [-0.2, 0) is 0 Å². The van der Waals surface area contributed by atoms with E-state index in [1.165, 1.54) is 25.3 Å². The SMILES string of the molecule is COc1nc(-c2cc(F)ccc2Cl)[nH]c(=O)n1. The second-order valence-electron chi connectivity index (χ2n) is 3.11. The van der Waals surface area contributed by atoms with Crippen molar-refractivity contribution in [1.82, 2.24) is 15.0 Å². The van der Waals surface area contributed by atoms with Crippen LogP contribution in [0, 0.1) is 5.82 Å². The molecule has 0 saturated carbocycles. The lowest BCUT2D eigenvalue weighted by atomic mass is 10.2. The minimum atomic E-state index is -0.646. The van der Waals surface area contributed by atoms with Gasteiger partial charge in [0.2, 0.25) is 0 Å². The first kappa shape index (κ1) is 11.5. The molecule has 0 aliphatic carbocycles. The Labute approximate surface area is 100 Å². The maximum Gasteiger partial charge on any atom is 0.351 e. The molecule has 0 aliphatic rings. The highest BCUT2D eigenvalue weighted by atomic mass is 35.5. The third kappa shape index (κ3) is 2.42. The molecule has 0 saturated heterocycles. The predicted octanol–water partition coefficient (Wildman–Crippen LogP) is 1.63. The van der Waals surface area contributed by atoms with E-state index in [-0.39, 0.29) is 22.4 Å². The minimum Gasteiger partial charge on any atom is -0.467 e. The molecular formula is C10H7ClFN3O2. The molecule has 1 N–H and O–H groups in total. The van der Waals surface area contributed by atoms with Crippen molar-refractivity contribution in [2.24, 2.45) is 0 Å². The van der Waals surface area contributed by atoms with Crippen LogP contribution in [0.4, 0.5) is 4.39 Å². The Morgan fingerprint density at radius 2 is 2.18 bits per heavy atom. The summed E-state index contributed by atoms with van der Waals surface area (Å²) >= 11 is 5.89. The second-order valence-corrected chi connectivity index (χ2v) is 3.52. The first-order valence-corrected chi connectivity index (χ1v) is 4.95. The summed E-state index contributed by atoms with van der Waals surface area (Å²) in [6, 6.07) is 3.64. The number of H-pyrrole nitrogens is 1. The summed E-state index contributed by atoms with van der Waals surface area (Å²) < 4.78 is 17.8. The number of ether oxygens (including phenoxy) is 1. The summed E-state index contributed by atoms with van der Waals surface area (Å²) in [5.74, 6) is -0.380. The van der Waals surface area contributed by atoms with E-state index in [0.717, 1.165) is 0 Å². The maximum atomic E-state index is 13.1. The Kier molecular flexibility index (Phi) is 3.06. The number of rotatable bonds is 2. The fourth-order valence-corrected chi connectivity index (χ4v) is 1.47. The molecule has 1 aromatic carbocycles. The van der Waals surface area contributed by atoms with E-state index in [9.17, 15) is 9.18 Å². The van der Waals surface area contributed by atoms with E-state index >= 15 is 0 Å². The molecule has 1 aromatic heterocycles. The molecule has 0 unspecified atom stereocenters. The Morgan fingerprint density at radius 3 is 2.88 bits per heavy atom. The van der Waals surface area contributed by atoms with Crippen molar-refractivity contribution in [2.45, 2.75) is 0 Å². The van der Waals surface area contributed by atoms with Gasteiger partial charge in [0.15, 0.2) is 0 Å². The number of aromatic amines is 1. The third-order valence-corrected chi connectivity index (χ3v) is 2.33. The number of benzene rings is 1. The summed E-state index contributed by atoms with van der Waals surface area (Å²) in [6.45, 7) is 0. The largest absolute Gasteiger partial charge is 0.467 e. The van der Waals surface area contributed by atoms with Gasteiger partial charge in [0.25, 0.3) is 0 Å². The molecule has 0 spiro atoms. The zero-order valence-corrected chi connectivity index (χ0v) is 9.45. The average molecular weight is 256 g/mol. The summed E-state index contributed by atoms with van der Waals surface area (Å²) in [6.07, 6.45) is 0. The lowest BCUT2D eigenvalue weighted by molar-refractivity contribution is 0.377. The van der Waals surface area contributed by atoms with Crippen molar-refractivity contribution in [3.8, 4) is 17.4 Å². The molecule has 88 valence electrons. The number of methoxy groups -OCH3 is 1. The molecule has 5 nitrogen and oxygen atoms in total. The van der Waals surface area contributed by atoms with Crippen molar-refractivity contribution in [1.29, 1.82) is 0 Å². The minimum absolute atomic E-state index is 0.103. The molecule has 2 aromatic rings. The Balaban J connectivity index is 2.63. The number of hydrogen-bond acceptors (Lipinski definition) is 4. The number of halogens is 2. The summed E-state index contributed by atoms with van der Waals surface area (Å²) in [5, 5.41) is 0.266. The van der Waals surface area contributed by atoms with Crippen molar-refractivity contribution < 1.29 is 9.13 Å². The summed E-state index contributed by atoms with van der Waals surface area (Å²) in [5.41, 5.74) is -0.378. The van der Waals surface area contributed by atoms with Crippen LogP contribution in [0.2, 0.25) is 5.02 Å². The maximum absolute atomic E-state index is 13.1. The first-order valence-electron chi connectivity index (χ1n) is 4.58. The Hall–Kier alpha value is -1.95. The fraction of sp³-hybridized carbons (Fsp3) is 0.100. The van der Waals surface area contributed by atoms with Crippen molar-refractivity contribution in [3.63, 3.8) is 0 Å². The molecule has 0 atom stereocenters. The third-order valence-electron chi connectivity index (χ3n) is 2.00. The summed E-state index contributed by atoms with van der Waals surface area (Å²) in [7, 11) is 1.33. The first-order chi connectivity index (χ1) is 8.10. The van der Waals surface area contributed by atoms with Gasteiger partial charge in [-0.05, 0) is 18.2 Å². The lowest BCUT2D eigenvalue weighted by Crippen LogP contribution is -2.14. The monoisotopic (exact) mass is 255 g/mol. The second kappa shape index (κ2) is 4.50. The number of nitrogens with zero attached hydrogens (tertiary/aromatic N) is 2. The van der Waals surface area contributed by atoms with Crippen LogP contribution in [-0.4, -0.2) is 22.1 Å². The average Bonchev–Trinajstić information content (AvgIpc) is 2.31. The summed E-state index contributed by atoms with van der Waals surface area (Å²) in [4.78, 5) is 20.9. The van der Waals surface area contributed by atoms with Crippen LogP contribution in [0.3, 0.4) is 0 Å². The van der Waals surface area contributed by atoms with Gasteiger partial charge in [0.05, 0.1) is 12.1 Å². The Morgan fingerprint density at radius 1 is 1.41 bits per heavy atom. The van der Waals surface area contributed by atoms with E-state index < -0.39 is 11.5 Å². The molecule has 0 bridgehead atoms. The van der Waals surface area contributed by atoms with E-state index in [4.69, 9.17) is 16.3 Å². The van der Waals surface area contributed by atoms with Gasteiger partial charge in [-0.1, -0.05) is 11.6 Å². The van der Waals surface area contributed by atoms with E-state index in [1.54, 1.807) is 0 Å². The topological polar surface area (TPSA) is 67.9 Å². The molecule has 0 amide bonds. The molecule has 17 heavy (non-hydrogen) atoms. The van der Waals surface area contributed by atoms with Gasteiger partial charge in [0, 0.05) is 5.56 Å². The van der Waals surface area contributed by atoms with Crippen LogP contribution < -0.4 is 10.4 Å². The van der Waals surface area contributed by atoms with Gasteiger partial charge in [0.1, 0.15) is 11.6 Å². The van der Waals surface area contributed by atoms with Gasteiger partial charge in [-0.25, -0.2) is 9.18 Å². The van der Waals surface area contributed by atoms with Gasteiger partial charge in [-0.15, -0.1) is 4.98 Å². The van der Waals surface area contributed by atoms with Crippen LogP contribution in [0.5, 0.6) is 6.01 Å². The highest BCUT2D eigenvalue weighted by Gasteiger charge is 2.10. The van der Waals surface area contributed by atoms with Crippen LogP contribution in [0.1, 0.15) is 0 Å². The zero-order valence-electron chi connectivity index (χ0n) is 8.70. The number of nitrogens with one attached hydrogen (secondary N) is 1. The molecular weight excluding hydrogens is 249 g/mol. The van der Waals surface area contributed by atoms with Crippen LogP contribution >= 0.6 is 11.6 Å². The Bertz CT molecular complexity index is 615. The standard InChI is InChI=1S/C10H7ClFN3O2/c1-17-10-14-8(13-9(16)15-10)6-4-5(12)2-3-7(6)11/h2-4H,1H3,(H,13,14,15,16). The van der Waals surface area contributed by atoms with Crippen molar-refractivity contribution in [3.05, 3.63) is 39.5 Å².